The fourth-order valence-corrected chi connectivity index (χ4v) is 1.79. The number of amides is 1. The minimum absolute atomic E-state index is 0.0179. The van der Waals surface area contributed by atoms with Crippen LogP contribution in [-0.4, -0.2) is 12.7 Å². The summed E-state index contributed by atoms with van der Waals surface area (Å²) >= 11 is 6.03. The second-order valence-corrected chi connectivity index (χ2v) is 4.04. The topological polar surface area (TPSA) is 38.3 Å². The lowest BCUT2D eigenvalue weighted by molar-refractivity contribution is 0.115. The van der Waals surface area contributed by atoms with E-state index in [0.29, 0.717) is 6.61 Å². The van der Waals surface area contributed by atoms with Crippen LogP contribution in [0, 0.1) is 6.92 Å². The average Bonchev–Trinajstić information content (AvgIpc) is 2.22. The number of halogens is 1. The second kappa shape index (κ2) is 4.11. The van der Waals surface area contributed by atoms with E-state index in [9.17, 15) is 4.79 Å². The zero-order chi connectivity index (χ0) is 10.8. The molecule has 1 aromatic rings. The summed E-state index contributed by atoms with van der Waals surface area (Å²) in [6, 6.07) is 5.86. The third kappa shape index (κ3) is 2.23. The summed E-state index contributed by atoms with van der Waals surface area (Å²) in [5.41, 5.74) is 2.07. The molecule has 1 atom stereocenters. The second-order valence-electron chi connectivity index (χ2n) is 3.63. The number of aryl methyl sites for hydroxylation is 1. The van der Waals surface area contributed by atoms with Crippen molar-refractivity contribution in [1.29, 1.82) is 0 Å². The van der Waals surface area contributed by atoms with Crippen molar-refractivity contribution in [3.8, 4) is 0 Å². The molecule has 1 aromatic carbocycles. The molecule has 1 N–H and O–H groups in total. The van der Waals surface area contributed by atoms with Crippen LogP contribution in [0.2, 0.25) is 5.02 Å². The number of hydrogen-bond acceptors (Lipinski definition) is 2. The molecule has 15 heavy (non-hydrogen) atoms. The van der Waals surface area contributed by atoms with Crippen LogP contribution >= 0.6 is 11.6 Å². The number of carbonyl (C=O) groups excluding carboxylic acids is 1. The van der Waals surface area contributed by atoms with Crippen molar-refractivity contribution in [3.63, 3.8) is 0 Å². The molecule has 1 heterocycles. The molecule has 0 bridgehead atoms. The number of rotatable bonds is 1. The van der Waals surface area contributed by atoms with Crippen LogP contribution in [0.15, 0.2) is 18.2 Å². The molecule has 0 aliphatic carbocycles. The highest BCUT2D eigenvalue weighted by atomic mass is 35.5. The van der Waals surface area contributed by atoms with E-state index in [4.69, 9.17) is 16.3 Å². The van der Waals surface area contributed by atoms with E-state index in [1.54, 1.807) is 0 Å². The lowest BCUT2D eigenvalue weighted by Gasteiger charge is -2.23. The Labute approximate surface area is 93.4 Å². The van der Waals surface area contributed by atoms with Gasteiger partial charge in [-0.2, -0.15) is 0 Å². The molecule has 1 fully saturated rings. The molecule has 0 spiro atoms. The highest BCUT2D eigenvalue weighted by Crippen LogP contribution is 2.24. The van der Waals surface area contributed by atoms with E-state index >= 15 is 0 Å². The Hall–Kier alpha value is -1.22. The van der Waals surface area contributed by atoms with E-state index in [2.05, 4.69) is 5.32 Å². The SMILES string of the molecule is Cc1ccc([C@H]2CCOC(=O)N2)cc1Cl. The summed E-state index contributed by atoms with van der Waals surface area (Å²) < 4.78 is 4.80. The van der Waals surface area contributed by atoms with E-state index in [-0.39, 0.29) is 12.1 Å². The predicted octanol–water partition coefficient (Wildman–Crippen LogP) is 2.82. The van der Waals surface area contributed by atoms with Crippen LogP contribution in [0.25, 0.3) is 0 Å². The van der Waals surface area contributed by atoms with Gasteiger partial charge in [0.25, 0.3) is 0 Å². The molecule has 4 heteroatoms. The summed E-state index contributed by atoms with van der Waals surface area (Å²) in [5.74, 6) is 0. The van der Waals surface area contributed by atoms with E-state index in [0.717, 1.165) is 22.6 Å². The first kappa shape index (κ1) is 10.3. The van der Waals surface area contributed by atoms with Gasteiger partial charge in [-0.05, 0) is 24.1 Å². The lowest BCUT2D eigenvalue weighted by atomic mass is 10.0. The third-order valence-corrected chi connectivity index (χ3v) is 2.94. The molecule has 2 rings (SSSR count). The van der Waals surface area contributed by atoms with Gasteiger partial charge in [-0.3, -0.25) is 0 Å². The highest BCUT2D eigenvalue weighted by molar-refractivity contribution is 6.31. The summed E-state index contributed by atoms with van der Waals surface area (Å²) in [6.07, 6.45) is 0.424. The first-order valence-electron chi connectivity index (χ1n) is 4.86. The normalized spacial score (nSPS) is 20.7. The van der Waals surface area contributed by atoms with Crippen LogP contribution in [0.3, 0.4) is 0 Å². The first-order valence-corrected chi connectivity index (χ1v) is 5.24. The van der Waals surface area contributed by atoms with Crippen molar-refractivity contribution >= 4 is 17.7 Å². The number of hydrogen-bond donors (Lipinski definition) is 1. The van der Waals surface area contributed by atoms with Gasteiger partial charge >= 0.3 is 6.09 Å². The van der Waals surface area contributed by atoms with E-state index in [1.165, 1.54) is 0 Å². The zero-order valence-electron chi connectivity index (χ0n) is 8.42. The molecule has 80 valence electrons. The maximum Gasteiger partial charge on any atom is 0.407 e. The molecule has 1 aliphatic heterocycles. The van der Waals surface area contributed by atoms with Gasteiger partial charge in [0.15, 0.2) is 0 Å². The Bertz CT molecular complexity index is 392. The Morgan fingerprint density at radius 1 is 1.53 bits per heavy atom. The maximum absolute atomic E-state index is 11.0. The lowest BCUT2D eigenvalue weighted by Crippen LogP contribution is -2.35. The van der Waals surface area contributed by atoms with Crippen molar-refractivity contribution in [1.82, 2.24) is 5.32 Å². The molecular weight excluding hydrogens is 214 g/mol. The highest BCUT2D eigenvalue weighted by Gasteiger charge is 2.20. The predicted molar refractivity (Wildman–Crippen MR) is 58.0 cm³/mol. The monoisotopic (exact) mass is 225 g/mol. The van der Waals surface area contributed by atoms with Gasteiger partial charge in [0.2, 0.25) is 0 Å². The molecule has 3 nitrogen and oxygen atoms in total. The average molecular weight is 226 g/mol. The summed E-state index contributed by atoms with van der Waals surface area (Å²) in [5, 5.41) is 3.49. The third-order valence-electron chi connectivity index (χ3n) is 2.53. The fourth-order valence-electron chi connectivity index (χ4n) is 1.60. The molecule has 0 radical (unpaired) electrons. The number of nitrogens with one attached hydrogen (secondary N) is 1. The standard InChI is InChI=1S/C11H12ClNO2/c1-7-2-3-8(6-9(7)12)10-4-5-15-11(14)13-10/h2-3,6,10H,4-5H2,1H3,(H,13,14)/t10-/m1/s1. The Kier molecular flexibility index (Phi) is 2.82. The van der Waals surface area contributed by atoms with Gasteiger partial charge in [0.1, 0.15) is 0 Å². The van der Waals surface area contributed by atoms with Gasteiger partial charge < -0.3 is 10.1 Å². The number of ether oxygens (including phenoxy) is 1. The maximum atomic E-state index is 11.0. The molecule has 0 unspecified atom stereocenters. The summed E-state index contributed by atoms with van der Waals surface area (Å²) in [4.78, 5) is 11.0. The number of alkyl carbamates (subject to hydrolysis) is 1. The zero-order valence-corrected chi connectivity index (χ0v) is 9.17. The quantitative estimate of drug-likeness (QED) is 0.798. The number of benzene rings is 1. The summed E-state index contributed by atoms with van der Waals surface area (Å²) in [7, 11) is 0. The van der Waals surface area contributed by atoms with E-state index in [1.807, 2.05) is 25.1 Å². The van der Waals surface area contributed by atoms with Crippen molar-refractivity contribution in [2.75, 3.05) is 6.61 Å². The smallest absolute Gasteiger partial charge is 0.407 e. The van der Waals surface area contributed by atoms with Crippen molar-refractivity contribution in [2.45, 2.75) is 19.4 Å². The van der Waals surface area contributed by atoms with Crippen molar-refractivity contribution in [3.05, 3.63) is 34.3 Å². The minimum Gasteiger partial charge on any atom is -0.449 e. The van der Waals surface area contributed by atoms with Crippen molar-refractivity contribution < 1.29 is 9.53 Å². The Morgan fingerprint density at radius 2 is 2.33 bits per heavy atom. The van der Waals surface area contributed by atoms with Gasteiger partial charge in [-0.1, -0.05) is 23.7 Å². The first-order chi connectivity index (χ1) is 7.16. The molecule has 0 aromatic heterocycles. The molecule has 1 aliphatic rings. The molecule has 1 amide bonds. The van der Waals surface area contributed by atoms with Gasteiger partial charge in [0.05, 0.1) is 12.6 Å². The van der Waals surface area contributed by atoms with E-state index < -0.39 is 0 Å². The van der Waals surface area contributed by atoms with Crippen molar-refractivity contribution in [2.24, 2.45) is 0 Å². The van der Waals surface area contributed by atoms with Gasteiger partial charge in [0, 0.05) is 11.4 Å². The number of carbonyl (C=O) groups is 1. The van der Waals surface area contributed by atoms with Crippen LogP contribution in [0.1, 0.15) is 23.6 Å². The van der Waals surface area contributed by atoms with Crippen LogP contribution < -0.4 is 5.32 Å². The summed E-state index contributed by atoms with van der Waals surface area (Å²) in [6.45, 7) is 2.41. The minimum atomic E-state index is -0.358. The van der Waals surface area contributed by atoms with Crippen LogP contribution in [-0.2, 0) is 4.74 Å². The molecular formula is C11H12ClNO2. The van der Waals surface area contributed by atoms with Crippen LogP contribution in [0.5, 0.6) is 0 Å². The Morgan fingerprint density at radius 3 is 3.00 bits per heavy atom. The number of cyclic esters (lactones) is 1. The van der Waals surface area contributed by atoms with Crippen LogP contribution in [0.4, 0.5) is 4.79 Å². The fraction of sp³-hybridized carbons (Fsp3) is 0.364. The largest absolute Gasteiger partial charge is 0.449 e. The van der Waals surface area contributed by atoms with Gasteiger partial charge in [-0.15, -0.1) is 0 Å². The molecule has 0 saturated carbocycles. The Balaban J connectivity index is 2.21. The van der Waals surface area contributed by atoms with Gasteiger partial charge in [-0.25, -0.2) is 4.79 Å². The molecule has 1 saturated heterocycles.